The van der Waals surface area contributed by atoms with E-state index in [-0.39, 0.29) is 18.2 Å². The lowest BCUT2D eigenvalue weighted by Gasteiger charge is -2.32. The summed E-state index contributed by atoms with van der Waals surface area (Å²) in [5.74, 6) is 0.0676. The van der Waals surface area contributed by atoms with E-state index in [1.807, 2.05) is 65.2 Å². The molecule has 180 valence electrons. The maximum absolute atomic E-state index is 12.5. The van der Waals surface area contributed by atoms with Crippen molar-refractivity contribution in [2.75, 3.05) is 39.8 Å². The standard InChI is InChI=1S/C26H26BrN5O3/c1-30-11-13-31(14-12-30)17-32-22-10-9-19(27)15-21(22)25(26(32)34)29-28-24(33)16-35-23-8-4-6-18-5-2-3-7-20(18)23/h2-10,15,34H,11-14,16-17H2,1H3. The Kier molecular flexibility index (Phi) is 6.81. The van der Waals surface area contributed by atoms with Crippen LogP contribution in [0.5, 0.6) is 11.6 Å². The van der Waals surface area contributed by atoms with Gasteiger partial charge in [0.1, 0.15) is 5.75 Å². The number of aromatic hydroxyl groups is 1. The SMILES string of the molecule is CN1CCN(Cn2c(O)c(N=NC(=O)COc3cccc4ccccc34)c3cc(Br)ccc32)CC1. The van der Waals surface area contributed by atoms with Gasteiger partial charge in [-0.25, -0.2) is 0 Å². The quantitative estimate of drug-likeness (QED) is 0.345. The van der Waals surface area contributed by atoms with Crippen molar-refractivity contribution >= 4 is 49.2 Å². The number of benzene rings is 3. The minimum absolute atomic E-state index is 0.0106. The van der Waals surface area contributed by atoms with Crippen LogP contribution in [0.2, 0.25) is 0 Å². The van der Waals surface area contributed by atoms with E-state index in [2.05, 4.69) is 43.0 Å². The van der Waals surface area contributed by atoms with Gasteiger partial charge in [-0.1, -0.05) is 52.3 Å². The van der Waals surface area contributed by atoms with Crippen LogP contribution >= 0.6 is 15.9 Å². The van der Waals surface area contributed by atoms with Crippen LogP contribution < -0.4 is 4.74 Å². The summed E-state index contributed by atoms with van der Waals surface area (Å²) in [5, 5.41) is 21.7. The van der Waals surface area contributed by atoms with E-state index in [1.165, 1.54) is 0 Å². The Labute approximate surface area is 211 Å². The molecule has 1 fully saturated rings. The molecule has 1 N–H and O–H groups in total. The van der Waals surface area contributed by atoms with Crippen LogP contribution in [0.25, 0.3) is 21.7 Å². The van der Waals surface area contributed by atoms with Gasteiger partial charge in [0.05, 0.1) is 12.2 Å². The van der Waals surface area contributed by atoms with Crippen molar-refractivity contribution in [1.29, 1.82) is 0 Å². The van der Waals surface area contributed by atoms with Crippen LogP contribution in [0.4, 0.5) is 5.69 Å². The van der Waals surface area contributed by atoms with Crippen molar-refractivity contribution < 1.29 is 14.6 Å². The Hall–Kier alpha value is -3.27. The molecule has 2 heterocycles. The van der Waals surface area contributed by atoms with Gasteiger partial charge in [-0.05, 0) is 36.7 Å². The number of ether oxygens (including phenoxy) is 1. The first-order chi connectivity index (χ1) is 17.0. The third-order valence-corrected chi connectivity index (χ3v) is 6.76. The van der Waals surface area contributed by atoms with Crippen LogP contribution in [0.15, 0.2) is 75.4 Å². The zero-order chi connectivity index (χ0) is 24.4. The van der Waals surface area contributed by atoms with E-state index in [0.717, 1.165) is 52.3 Å². The number of rotatable bonds is 6. The molecule has 9 heteroatoms. The molecule has 8 nitrogen and oxygen atoms in total. The molecule has 0 saturated carbocycles. The monoisotopic (exact) mass is 535 g/mol. The van der Waals surface area contributed by atoms with Crippen LogP contribution in [-0.4, -0.2) is 65.2 Å². The summed E-state index contributed by atoms with van der Waals surface area (Å²) >= 11 is 3.49. The van der Waals surface area contributed by atoms with Gasteiger partial charge < -0.3 is 14.7 Å². The Morgan fingerprint density at radius 3 is 2.63 bits per heavy atom. The van der Waals surface area contributed by atoms with Crippen LogP contribution in [0.1, 0.15) is 0 Å². The second-order valence-electron chi connectivity index (χ2n) is 8.68. The Morgan fingerprint density at radius 2 is 1.80 bits per heavy atom. The van der Waals surface area contributed by atoms with Gasteiger partial charge in [-0.3, -0.25) is 14.3 Å². The second kappa shape index (κ2) is 10.2. The van der Waals surface area contributed by atoms with Crippen molar-refractivity contribution in [2.45, 2.75) is 6.67 Å². The number of amides is 1. The Balaban J connectivity index is 1.36. The average Bonchev–Trinajstić information content (AvgIpc) is 3.12. The summed E-state index contributed by atoms with van der Waals surface area (Å²) in [7, 11) is 2.11. The number of hydrogen-bond acceptors (Lipinski definition) is 6. The lowest BCUT2D eigenvalue weighted by molar-refractivity contribution is -0.120. The summed E-state index contributed by atoms with van der Waals surface area (Å²) in [6.07, 6.45) is 0. The third-order valence-electron chi connectivity index (χ3n) is 6.27. The topological polar surface area (TPSA) is 82.7 Å². The first-order valence-electron chi connectivity index (χ1n) is 11.5. The first kappa shape index (κ1) is 23.5. The molecule has 0 spiro atoms. The van der Waals surface area contributed by atoms with Crippen molar-refractivity contribution in [3.8, 4) is 11.6 Å². The molecule has 1 aliphatic rings. The average molecular weight is 536 g/mol. The van der Waals surface area contributed by atoms with Crippen molar-refractivity contribution in [3.05, 3.63) is 65.1 Å². The maximum atomic E-state index is 12.5. The fourth-order valence-corrected chi connectivity index (χ4v) is 4.68. The number of hydrogen-bond donors (Lipinski definition) is 1. The molecule has 1 aliphatic heterocycles. The van der Waals surface area contributed by atoms with E-state index >= 15 is 0 Å². The van der Waals surface area contributed by atoms with Gasteiger partial charge in [0.2, 0.25) is 5.88 Å². The Morgan fingerprint density at radius 1 is 1.03 bits per heavy atom. The molecule has 1 saturated heterocycles. The summed E-state index contributed by atoms with van der Waals surface area (Å²) in [4.78, 5) is 17.1. The molecule has 0 aliphatic carbocycles. The van der Waals surface area contributed by atoms with Gasteiger partial charge in [-0.2, -0.15) is 0 Å². The number of carbonyl (C=O) groups is 1. The number of aromatic nitrogens is 1. The zero-order valence-corrected chi connectivity index (χ0v) is 21.0. The molecule has 1 amide bonds. The van der Waals surface area contributed by atoms with E-state index < -0.39 is 5.91 Å². The molecule has 4 aromatic rings. The molecular weight excluding hydrogens is 510 g/mol. The highest BCUT2D eigenvalue weighted by molar-refractivity contribution is 9.10. The fraction of sp³-hybridized carbons (Fsp3) is 0.269. The fourth-order valence-electron chi connectivity index (χ4n) is 4.32. The van der Waals surface area contributed by atoms with E-state index in [4.69, 9.17) is 4.74 Å². The molecule has 0 atom stereocenters. The minimum atomic E-state index is -0.535. The lowest BCUT2D eigenvalue weighted by Crippen LogP contribution is -2.44. The van der Waals surface area contributed by atoms with Crippen LogP contribution in [0, 0.1) is 0 Å². The molecule has 0 radical (unpaired) electrons. The highest BCUT2D eigenvalue weighted by Crippen LogP contribution is 2.40. The number of nitrogens with zero attached hydrogens (tertiary/aromatic N) is 5. The van der Waals surface area contributed by atoms with Crippen molar-refractivity contribution in [1.82, 2.24) is 14.4 Å². The number of likely N-dealkylation sites (N-methyl/N-ethyl adjacent to an activating group) is 1. The zero-order valence-electron chi connectivity index (χ0n) is 19.4. The molecular formula is C26H26BrN5O3. The number of fused-ring (bicyclic) bond motifs is 2. The first-order valence-corrected chi connectivity index (χ1v) is 12.3. The molecule has 3 aromatic carbocycles. The highest BCUT2D eigenvalue weighted by Gasteiger charge is 2.21. The molecule has 0 unspecified atom stereocenters. The Bertz CT molecular complexity index is 1400. The lowest BCUT2D eigenvalue weighted by atomic mass is 10.1. The van der Waals surface area contributed by atoms with Gasteiger partial charge in [0, 0.05) is 41.4 Å². The second-order valence-corrected chi connectivity index (χ2v) is 9.60. The predicted molar refractivity (Wildman–Crippen MR) is 139 cm³/mol. The molecule has 35 heavy (non-hydrogen) atoms. The number of azo groups is 1. The van der Waals surface area contributed by atoms with Crippen LogP contribution in [-0.2, 0) is 11.5 Å². The van der Waals surface area contributed by atoms with Gasteiger partial charge in [0.15, 0.2) is 12.3 Å². The largest absolute Gasteiger partial charge is 0.493 e. The van der Waals surface area contributed by atoms with E-state index in [9.17, 15) is 9.90 Å². The van der Waals surface area contributed by atoms with Crippen molar-refractivity contribution in [2.24, 2.45) is 10.2 Å². The minimum Gasteiger partial charge on any atom is -0.493 e. The molecule has 0 bridgehead atoms. The molecule has 1 aromatic heterocycles. The number of carbonyl (C=O) groups excluding carboxylic acids is 1. The number of halogens is 1. The summed E-state index contributed by atoms with van der Waals surface area (Å²) < 4.78 is 8.40. The number of piperazine rings is 1. The third kappa shape index (κ3) is 5.07. The molecule has 5 rings (SSSR count). The van der Waals surface area contributed by atoms with E-state index in [0.29, 0.717) is 12.4 Å². The van der Waals surface area contributed by atoms with Gasteiger partial charge in [0.25, 0.3) is 0 Å². The van der Waals surface area contributed by atoms with Gasteiger partial charge in [-0.15, -0.1) is 10.2 Å². The van der Waals surface area contributed by atoms with Crippen LogP contribution in [0.3, 0.4) is 0 Å². The van der Waals surface area contributed by atoms with Gasteiger partial charge >= 0.3 is 5.91 Å². The maximum Gasteiger partial charge on any atom is 0.302 e. The smallest absolute Gasteiger partial charge is 0.302 e. The predicted octanol–water partition coefficient (Wildman–Crippen LogP) is 5.16. The van der Waals surface area contributed by atoms with E-state index in [1.54, 1.807) is 0 Å². The summed E-state index contributed by atoms with van der Waals surface area (Å²) in [6, 6.07) is 19.2. The summed E-state index contributed by atoms with van der Waals surface area (Å²) in [5.41, 5.74) is 1.10. The highest BCUT2D eigenvalue weighted by atomic mass is 79.9. The summed E-state index contributed by atoms with van der Waals surface area (Å²) in [6.45, 7) is 4.06. The normalized spacial score (nSPS) is 15.4. The van der Waals surface area contributed by atoms with Crippen molar-refractivity contribution in [3.63, 3.8) is 0 Å².